The average molecular weight is 410 g/mol. The molecule has 0 aliphatic heterocycles. The molecule has 0 fully saturated rings. The van der Waals surface area contributed by atoms with Crippen molar-refractivity contribution in [3.8, 4) is 0 Å². The summed E-state index contributed by atoms with van der Waals surface area (Å²) in [6.07, 6.45) is 0. The highest BCUT2D eigenvalue weighted by molar-refractivity contribution is 7.99. The van der Waals surface area contributed by atoms with Crippen molar-refractivity contribution in [2.45, 2.75) is 18.2 Å². The molecule has 5 nitrogen and oxygen atoms in total. The molecule has 26 heavy (non-hydrogen) atoms. The van der Waals surface area contributed by atoms with Gasteiger partial charge in [0, 0.05) is 30.6 Å². The summed E-state index contributed by atoms with van der Waals surface area (Å²) < 4.78 is 7.28. The molecule has 0 atom stereocenters. The number of thiophene rings is 1. The van der Waals surface area contributed by atoms with Gasteiger partial charge in [0.15, 0.2) is 5.16 Å². The Morgan fingerprint density at radius 3 is 3.00 bits per heavy atom. The van der Waals surface area contributed by atoms with Crippen molar-refractivity contribution in [3.63, 3.8) is 0 Å². The van der Waals surface area contributed by atoms with E-state index in [0.29, 0.717) is 30.5 Å². The molecule has 138 valence electrons. The largest absolute Gasteiger partial charge is 0.383 e. The van der Waals surface area contributed by atoms with Gasteiger partial charge >= 0.3 is 0 Å². The number of carbonyl (C=O) groups is 1. The molecule has 0 radical (unpaired) electrons. The minimum absolute atomic E-state index is 0.0757. The summed E-state index contributed by atoms with van der Waals surface area (Å²) in [5.41, 5.74) is 1.82. The molecule has 8 heteroatoms. The Morgan fingerprint density at radius 1 is 1.42 bits per heavy atom. The Balaban J connectivity index is 1.71. The van der Waals surface area contributed by atoms with Crippen LogP contribution in [0.5, 0.6) is 0 Å². The van der Waals surface area contributed by atoms with Gasteiger partial charge in [0.25, 0.3) is 0 Å². The molecular weight excluding hydrogens is 390 g/mol. The van der Waals surface area contributed by atoms with Crippen molar-refractivity contribution >= 4 is 51.6 Å². The van der Waals surface area contributed by atoms with E-state index in [1.54, 1.807) is 23.3 Å². The van der Waals surface area contributed by atoms with Crippen LogP contribution in [0.4, 0.5) is 0 Å². The molecule has 1 amide bonds. The summed E-state index contributed by atoms with van der Waals surface area (Å²) in [7, 11) is 3.50. The number of imidazole rings is 1. The van der Waals surface area contributed by atoms with Gasteiger partial charge in [-0.1, -0.05) is 29.4 Å². The lowest BCUT2D eigenvalue weighted by atomic mass is 10.3. The number of carbonyl (C=O) groups excluding carboxylic acids is 1. The molecular formula is C18H20ClN3O2S2. The lowest BCUT2D eigenvalue weighted by Crippen LogP contribution is -2.27. The second-order valence-electron chi connectivity index (χ2n) is 5.79. The third kappa shape index (κ3) is 4.59. The number of fused-ring (bicyclic) bond motifs is 1. The number of ether oxygens (including phenoxy) is 1. The Bertz CT molecular complexity index is 880. The molecule has 1 aromatic carbocycles. The van der Waals surface area contributed by atoms with Crippen LogP contribution in [-0.4, -0.2) is 46.9 Å². The summed E-state index contributed by atoms with van der Waals surface area (Å²) in [5.74, 6) is 0.415. The van der Waals surface area contributed by atoms with Crippen LogP contribution in [0.1, 0.15) is 4.88 Å². The fraction of sp³-hybridized carbons (Fsp3) is 0.333. The van der Waals surface area contributed by atoms with Crippen LogP contribution in [-0.2, 0) is 22.6 Å². The molecule has 0 N–H and O–H groups in total. The number of methoxy groups -OCH3 is 1. The molecule has 0 aliphatic rings. The molecule has 0 aliphatic carbocycles. The summed E-state index contributed by atoms with van der Waals surface area (Å²) in [4.78, 5) is 20.0. The molecule has 0 saturated carbocycles. The maximum absolute atomic E-state index is 12.5. The van der Waals surface area contributed by atoms with E-state index >= 15 is 0 Å². The van der Waals surface area contributed by atoms with Crippen molar-refractivity contribution in [2.24, 2.45) is 0 Å². The van der Waals surface area contributed by atoms with Gasteiger partial charge in [-0.2, -0.15) is 0 Å². The van der Waals surface area contributed by atoms with Gasteiger partial charge < -0.3 is 14.2 Å². The zero-order valence-corrected chi connectivity index (χ0v) is 17.0. The van der Waals surface area contributed by atoms with E-state index in [4.69, 9.17) is 16.3 Å². The second-order valence-corrected chi connectivity index (χ2v) is 8.20. The predicted molar refractivity (Wildman–Crippen MR) is 108 cm³/mol. The first-order valence-electron chi connectivity index (χ1n) is 8.12. The average Bonchev–Trinajstić information content (AvgIpc) is 3.24. The van der Waals surface area contributed by atoms with Gasteiger partial charge in [-0.15, -0.1) is 11.3 Å². The van der Waals surface area contributed by atoms with Gasteiger partial charge in [-0.05, 0) is 29.6 Å². The quantitative estimate of drug-likeness (QED) is 0.524. The fourth-order valence-electron chi connectivity index (χ4n) is 2.55. The molecule has 3 aromatic rings. The van der Waals surface area contributed by atoms with Gasteiger partial charge in [-0.25, -0.2) is 4.98 Å². The summed E-state index contributed by atoms with van der Waals surface area (Å²) in [6, 6.07) is 9.68. The molecule has 3 rings (SSSR count). The highest BCUT2D eigenvalue weighted by Gasteiger charge is 2.15. The molecule has 0 spiro atoms. The number of thioether (sulfide) groups is 1. The highest BCUT2D eigenvalue weighted by atomic mass is 35.5. The lowest BCUT2D eigenvalue weighted by molar-refractivity contribution is -0.127. The third-order valence-corrected chi connectivity index (χ3v) is 5.98. The standard InChI is InChI=1S/C18H20ClN3O2S2/c1-21(11-14-4-3-9-25-14)17(23)12-26-18-20-15-10-13(19)5-6-16(15)22(18)7-8-24-2/h3-6,9-10H,7-8,11-12H2,1-2H3. The first kappa shape index (κ1) is 19.2. The van der Waals surface area contributed by atoms with Crippen LogP contribution >= 0.6 is 34.7 Å². The van der Waals surface area contributed by atoms with Crippen LogP contribution in [0.25, 0.3) is 11.0 Å². The van der Waals surface area contributed by atoms with E-state index in [1.165, 1.54) is 16.6 Å². The summed E-state index contributed by atoms with van der Waals surface area (Å²) >= 11 is 9.18. The van der Waals surface area contributed by atoms with Crippen LogP contribution in [0, 0.1) is 0 Å². The van der Waals surface area contributed by atoms with Crippen LogP contribution in [0.3, 0.4) is 0 Å². The molecule has 2 heterocycles. The third-order valence-electron chi connectivity index (χ3n) is 3.92. The molecule has 0 bridgehead atoms. The number of benzene rings is 1. The van der Waals surface area contributed by atoms with E-state index in [-0.39, 0.29) is 5.91 Å². The number of hydrogen-bond donors (Lipinski definition) is 0. The van der Waals surface area contributed by atoms with Crippen LogP contribution in [0.15, 0.2) is 40.9 Å². The molecule has 0 unspecified atom stereocenters. The molecule has 0 saturated heterocycles. The fourth-order valence-corrected chi connectivity index (χ4v) is 4.46. The van der Waals surface area contributed by atoms with Gasteiger partial charge in [0.2, 0.25) is 5.91 Å². The van der Waals surface area contributed by atoms with E-state index in [9.17, 15) is 4.79 Å². The highest BCUT2D eigenvalue weighted by Crippen LogP contribution is 2.26. The number of nitrogens with zero attached hydrogens (tertiary/aromatic N) is 3. The minimum Gasteiger partial charge on any atom is -0.383 e. The maximum atomic E-state index is 12.5. The Labute approximate surface area is 165 Å². The minimum atomic E-state index is 0.0757. The van der Waals surface area contributed by atoms with E-state index in [1.807, 2.05) is 42.8 Å². The van der Waals surface area contributed by atoms with Crippen molar-refractivity contribution in [1.29, 1.82) is 0 Å². The Kier molecular flexibility index (Phi) is 6.58. The van der Waals surface area contributed by atoms with E-state index in [0.717, 1.165) is 16.2 Å². The van der Waals surface area contributed by atoms with Crippen LogP contribution in [0.2, 0.25) is 5.02 Å². The second kappa shape index (κ2) is 8.90. The number of amides is 1. The topological polar surface area (TPSA) is 47.4 Å². The monoisotopic (exact) mass is 409 g/mol. The first-order chi connectivity index (χ1) is 12.6. The van der Waals surface area contributed by atoms with Crippen molar-refractivity contribution in [2.75, 3.05) is 26.5 Å². The number of halogens is 1. The van der Waals surface area contributed by atoms with Gasteiger partial charge in [0.1, 0.15) is 0 Å². The summed E-state index contributed by atoms with van der Waals surface area (Å²) in [6.45, 7) is 1.89. The number of hydrogen-bond acceptors (Lipinski definition) is 5. The van der Waals surface area contributed by atoms with Crippen molar-refractivity contribution < 1.29 is 9.53 Å². The normalized spacial score (nSPS) is 11.2. The van der Waals surface area contributed by atoms with Crippen LogP contribution < -0.4 is 0 Å². The Morgan fingerprint density at radius 2 is 2.27 bits per heavy atom. The molecule has 2 aromatic heterocycles. The zero-order valence-electron chi connectivity index (χ0n) is 14.6. The number of rotatable bonds is 8. The van der Waals surface area contributed by atoms with Gasteiger partial charge in [-0.3, -0.25) is 4.79 Å². The zero-order chi connectivity index (χ0) is 18.5. The van der Waals surface area contributed by atoms with Gasteiger partial charge in [0.05, 0.1) is 29.9 Å². The first-order valence-corrected chi connectivity index (χ1v) is 10.4. The van der Waals surface area contributed by atoms with E-state index in [2.05, 4.69) is 9.55 Å². The Hall–Kier alpha value is -1.54. The SMILES string of the molecule is COCCn1c(SCC(=O)N(C)Cc2cccs2)nc2cc(Cl)ccc21. The van der Waals surface area contributed by atoms with Crippen molar-refractivity contribution in [3.05, 3.63) is 45.6 Å². The van der Waals surface area contributed by atoms with E-state index < -0.39 is 0 Å². The maximum Gasteiger partial charge on any atom is 0.233 e. The lowest BCUT2D eigenvalue weighted by Gasteiger charge is -2.16. The number of aromatic nitrogens is 2. The van der Waals surface area contributed by atoms with Crippen molar-refractivity contribution in [1.82, 2.24) is 14.5 Å². The summed E-state index contributed by atoms with van der Waals surface area (Å²) in [5, 5.41) is 3.47. The predicted octanol–water partition coefficient (Wildman–Crippen LogP) is 4.15. The smallest absolute Gasteiger partial charge is 0.233 e.